The van der Waals surface area contributed by atoms with Crippen molar-refractivity contribution in [1.29, 1.82) is 5.26 Å². The quantitative estimate of drug-likeness (QED) is 0.789. The Morgan fingerprint density at radius 1 is 1.17 bits per heavy atom. The topological polar surface area (TPSA) is 56.0 Å². The largest absolute Gasteiger partial charge is 0.396 e. The van der Waals surface area contributed by atoms with E-state index in [2.05, 4.69) is 17.5 Å². The molecular weight excluding hydrogens is 224 g/mol. The van der Waals surface area contributed by atoms with Crippen LogP contribution in [0.5, 0.6) is 0 Å². The summed E-state index contributed by atoms with van der Waals surface area (Å²) in [5, 5.41) is 23.4. The fourth-order valence-electron chi connectivity index (χ4n) is 1.95. The van der Waals surface area contributed by atoms with Gasteiger partial charge < -0.3 is 5.11 Å². The Bertz CT molecular complexity index is 560. The molecule has 0 radical (unpaired) electrons. The normalized spacial score (nSPS) is 12.2. The van der Waals surface area contributed by atoms with Crippen molar-refractivity contribution in [3.05, 3.63) is 48.0 Å². The molecule has 3 nitrogen and oxygen atoms in total. The van der Waals surface area contributed by atoms with E-state index >= 15 is 0 Å². The first-order chi connectivity index (χ1) is 8.85. The van der Waals surface area contributed by atoms with Gasteiger partial charge >= 0.3 is 0 Å². The van der Waals surface area contributed by atoms with Crippen LogP contribution in [0.2, 0.25) is 0 Å². The molecule has 0 aliphatic carbocycles. The molecule has 0 aliphatic heterocycles. The van der Waals surface area contributed by atoms with Crippen LogP contribution in [0.4, 0.5) is 0 Å². The van der Waals surface area contributed by atoms with E-state index in [1.807, 2.05) is 36.4 Å². The predicted octanol–water partition coefficient (Wildman–Crippen LogP) is 2.38. The maximum absolute atomic E-state index is 9.18. The highest BCUT2D eigenvalue weighted by Gasteiger charge is 2.09. The summed E-state index contributed by atoms with van der Waals surface area (Å²) in [5.41, 5.74) is 0.967. The molecule has 0 saturated heterocycles. The first-order valence-corrected chi connectivity index (χ1v) is 6.07. The summed E-state index contributed by atoms with van der Waals surface area (Å²) >= 11 is 0. The molecule has 92 valence electrons. The van der Waals surface area contributed by atoms with Gasteiger partial charge in [-0.25, -0.2) is 0 Å². The molecule has 1 atom stereocenters. The Hall–Kier alpha value is -1.89. The molecule has 0 aromatic heterocycles. The average molecular weight is 240 g/mol. The third kappa shape index (κ3) is 2.86. The highest BCUT2D eigenvalue weighted by atomic mass is 16.3. The van der Waals surface area contributed by atoms with Gasteiger partial charge in [-0.15, -0.1) is 0 Å². The van der Waals surface area contributed by atoms with Crippen LogP contribution in [0.15, 0.2) is 42.5 Å². The van der Waals surface area contributed by atoms with Crippen LogP contribution in [0, 0.1) is 11.3 Å². The molecule has 1 unspecified atom stereocenters. The lowest BCUT2D eigenvalue weighted by Crippen LogP contribution is -2.21. The van der Waals surface area contributed by atoms with Crippen molar-refractivity contribution in [3.63, 3.8) is 0 Å². The highest BCUT2D eigenvalue weighted by molar-refractivity contribution is 5.83. The van der Waals surface area contributed by atoms with Crippen LogP contribution in [-0.4, -0.2) is 18.3 Å². The highest BCUT2D eigenvalue weighted by Crippen LogP contribution is 2.20. The molecular formula is C15H16N2O. The molecule has 3 heteroatoms. The van der Waals surface area contributed by atoms with Crippen molar-refractivity contribution in [2.75, 3.05) is 13.2 Å². The molecule has 0 spiro atoms. The molecule has 2 aromatic rings. The minimum Gasteiger partial charge on any atom is -0.396 e. The Balaban J connectivity index is 2.20. The van der Waals surface area contributed by atoms with Gasteiger partial charge in [-0.1, -0.05) is 36.4 Å². The van der Waals surface area contributed by atoms with E-state index < -0.39 is 0 Å². The number of fused-ring (bicyclic) bond motifs is 1. The summed E-state index contributed by atoms with van der Waals surface area (Å²) in [5.74, 6) is 0. The van der Waals surface area contributed by atoms with Crippen molar-refractivity contribution in [2.24, 2.45) is 0 Å². The lowest BCUT2D eigenvalue weighted by atomic mass is 10.0. The summed E-state index contributed by atoms with van der Waals surface area (Å²) in [6.07, 6.45) is 0.658. The molecule has 0 heterocycles. The van der Waals surface area contributed by atoms with E-state index in [0.717, 1.165) is 10.9 Å². The number of nitrogens with one attached hydrogen (secondary N) is 1. The smallest absolute Gasteiger partial charge is 0.121 e. The van der Waals surface area contributed by atoms with Gasteiger partial charge in [0.2, 0.25) is 0 Å². The standard InChI is InChI=1S/C15H16N2O/c16-11-15(17-8-3-9-18)14-7-6-12-4-1-2-5-13(12)10-14/h1-2,4-7,10,15,17-18H,3,8-9H2. The van der Waals surface area contributed by atoms with Gasteiger partial charge in [0.05, 0.1) is 6.07 Å². The summed E-state index contributed by atoms with van der Waals surface area (Å²) < 4.78 is 0. The molecule has 0 amide bonds. The molecule has 2 rings (SSSR count). The number of nitrogens with zero attached hydrogens (tertiary/aromatic N) is 1. The van der Waals surface area contributed by atoms with E-state index in [1.54, 1.807) is 0 Å². The summed E-state index contributed by atoms with van der Waals surface area (Å²) in [4.78, 5) is 0. The van der Waals surface area contributed by atoms with Gasteiger partial charge in [-0.05, 0) is 35.4 Å². The van der Waals surface area contributed by atoms with E-state index in [-0.39, 0.29) is 12.6 Å². The predicted molar refractivity (Wildman–Crippen MR) is 72.0 cm³/mol. The monoisotopic (exact) mass is 240 g/mol. The number of hydrogen-bond donors (Lipinski definition) is 2. The number of hydrogen-bond acceptors (Lipinski definition) is 3. The fraction of sp³-hybridized carbons (Fsp3) is 0.267. The molecule has 0 aliphatic rings. The van der Waals surface area contributed by atoms with Crippen molar-refractivity contribution < 1.29 is 5.11 Å². The average Bonchev–Trinajstić information content (AvgIpc) is 2.43. The second kappa shape index (κ2) is 6.15. The molecule has 2 N–H and O–H groups in total. The van der Waals surface area contributed by atoms with Crippen LogP contribution in [0.25, 0.3) is 10.8 Å². The zero-order valence-corrected chi connectivity index (χ0v) is 10.1. The second-order valence-corrected chi connectivity index (χ2v) is 4.20. The van der Waals surface area contributed by atoms with Gasteiger partial charge in [-0.2, -0.15) is 5.26 Å². The van der Waals surface area contributed by atoms with Gasteiger partial charge in [0, 0.05) is 6.61 Å². The van der Waals surface area contributed by atoms with E-state index in [4.69, 9.17) is 5.11 Å². The second-order valence-electron chi connectivity index (χ2n) is 4.20. The Morgan fingerprint density at radius 3 is 2.67 bits per heavy atom. The van der Waals surface area contributed by atoms with E-state index in [0.29, 0.717) is 13.0 Å². The van der Waals surface area contributed by atoms with Crippen LogP contribution < -0.4 is 5.32 Å². The van der Waals surface area contributed by atoms with Crippen molar-refractivity contribution in [1.82, 2.24) is 5.32 Å². The summed E-state index contributed by atoms with van der Waals surface area (Å²) in [6, 6.07) is 16.1. The van der Waals surface area contributed by atoms with E-state index in [9.17, 15) is 5.26 Å². The van der Waals surface area contributed by atoms with E-state index in [1.165, 1.54) is 5.39 Å². The van der Waals surface area contributed by atoms with Crippen LogP contribution in [0.1, 0.15) is 18.0 Å². The Labute approximate surface area is 107 Å². The third-order valence-corrected chi connectivity index (χ3v) is 2.92. The van der Waals surface area contributed by atoms with Crippen LogP contribution >= 0.6 is 0 Å². The van der Waals surface area contributed by atoms with Crippen LogP contribution in [0.3, 0.4) is 0 Å². The van der Waals surface area contributed by atoms with Crippen LogP contribution in [-0.2, 0) is 0 Å². The number of aliphatic hydroxyl groups is 1. The maximum atomic E-state index is 9.18. The zero-order valence-electron chi connectivity index (χ0n) is 10.1. The molecule has 2 aromatic carbocycles. The number of benzene rings is 2. The number of nitriles is 1. The van der Waals surface area contributed by atoms with Crippen molar-refractivity contribution >= 4 is 10.8 Å². The fourth-order valence-corrected chi connectivity index (χ4v) is 1.95. The molecule has 0 saturated carbocycles. The molecule has 0 bridgehead atoms. The van der Waals surface area contributed by atoms with Gasteiger partial charge in [0.1, 0.15) is 6.04 Å². The Morgan fingerprint density at radius 2 is 1.94 bits per heavy atom. The first kappa shape index (κ1) is 12.6. The summed E-state index contributed by atoms with van der Waals surface area (Å²) in [6.45, 7) is 0.782. The maximum Gasteiger partial charge on any atom is 0.121 e. The summed E-state index contributed by atoms with van der Waals surface area (Å²) in [7, 11) is 0. The van der Waals surface area contributed by atoms with Crippen molar-refractivity contribution in [3.8, 4) is 6.07 Å². The molecule has 0 fully saturated rings. The van der Waals surface area contributed by atoms with Gasteiger partial charge in [0.15, 0.2) is 0 Å². The minimum absolute atomic E-state index is 0.142. The lowest BCUT2D eigenvalue weighted by molar-refractivity contribution is 0.285. The first-order valence-electron chi connectivity index (χ1n) is 6.07. The minimum atomic E-state index is -0.318. The van der Waals surface area contributed by atoms with Gasteiger partial charge in [-0.3, -0.25) is 5.32 Å². The molecule has 18 heavy (non-hydrogen) atoms. The zero-order chi connectivity index (χ0) is 12.8. The lowest BCUT2D eigenvalue weighted by Gasteiger charge is -2.12. The number of rotatable bonds is 5. The van der Waals surface area contributed by atoms with Crippen molar-refractivity contribution in [2.45, 2.75) is 12.5 Å². The SMILES string of the molecule is N#CC(NCCCO)c1ccc2ccccc2c1. The van der Waals surface area contributed by atoms with Gasteiger partial charge in [0.25, 0.3) is 0 Å². The third-order valence-electron chi connectivity index (χ3n) is 2.92. The Kier molecular flexibility index (Phi) is 4.30. The number of aliphatic hydroxyl groups excluding tert-OH is 1.